The van der Waals surface area contributed by atoms with E-state index in [1.807, 2.05) is 0 Å². The topological polar surface area (TPSA) is 26.3 Å². The molecule has 0 saturated heterocycles. The molecular formula is C52H100O2. The highest BCUT2D eigenvalue weighted by Crippen LogP contribution is 2.22. The second-order valence-electron chi connectivity index (χ2n) is 17.2. The van der Waals surface area contributed by atoms with E-state index in [1.165, 1.54) is 250 Å². The minimum Gasteiger partial charge on any atom is -0.465 e. The molecule has 0 aromatic carbocycles. The van der Waals surface area contributed by atoms with Crippen molar-refractivity contribution < 1.29 is 9.53 Å². The van der Waals surface area contributed by atoms with Crippen molar-refractivity contribution in [1.82, 2.24) is 0 Å². The number of allylic oxidation sites excluding steroid dienone is 4. The van der Waals surface area contributed by atoms with E-state index in [0.29, 0.717) is 6.61 Å². The molecule has 0 aliphatic carbocycles. The highest BCUT2D eigenvalue weighted by Gasteiger charge is 2.19. The van der Waals surface area contributed by atoms with Gasteiger partial charge in [0.25, 0.3) is 0 Å². The van der Waals surface area contributed by atoms with E-state index in [2.05, 4.69) is 45.1 Å². The number of unbranched alkanes of at least 4 members (excludes halogenated alkanes) is 35. The van der Waals surface area contributed by atoms with Gasteiger partial charge in [0, 0.05) is 0 Å². The van der Waals surface area contributed by atoms with Crippen molar-refractivity contribution in [3.05, 3.63) is 24.3 Å². The van der Waals surface area contributed by atoms with Gasteiger partial charge in [-0.3, -0.25) is 4.79 Å². The number of hydrogen-bond donors (Lipinski definition) is 0. The molecule has 0 saturated carbocycles. The molecule has 2 nitrogen and oxygen atoms in total. The molecule has 0 aromatic heterocycles. The first-order valence-electron chi connectivity index (χ1n) is 25.2. The molecule has 0 amide bonds. The van der Waals surface area contributed by atoms with Gasteiger partial charge in [0.15, 0.2) is 0 Å². The summed E-state index contributed by atoms with van der Waals surface area (Å²) in [7, 11) is 0. The van der Waals surface area contributed by atoms with Gasteiger partial charge in [-0.1, -0.05) is 244 Å². The first-order chi connectivity index (χ1) is 26.8. The molecule has 1 atom stereocenters. The molecule has 0 fully saturated rings. The van der Waals surface area contributed by atoms with Crippen LogP contribution in [0, 0.1) is 5.92 Å². The van der Waals surface area contributed by atoms with E-state index >= 15 is 0 Å². The van der Waals surface area contributed by atoms with Crippen LogP contribution in [0.5, 0.6) is 0 Å². The molecule has 0 aromatic rings. The lowest BCUT2D eigenvalue weighted by Gasteiger charge is -2.16. The SMILES string of the molecule is CCCCCCCC/C=C/CCCCCCCCCCOC(=O)[C@@H](CCCCC/C=C/CCCCCCCCC)CCCCCCCCCCCCCC. The van der Waals surface area contributed by atoms with Crippen molar-refractivity contribution in [2.45, 2.75) is 290 Å². The van der Waals surface area contributed by atoms with Crippen LogP contribution in [0.4, 0.5) is 0 Å². The van der Waals surface area contributed by atoms with Crippen molar-refractivity contribution >= 4 is 5.97 Å². The Bertz CT molecular complexity index is 753. The van der Waals surface area contributed by atoms with Gasteiger partial charge >= 0.3 is 5.97 Å². The zero-order valence-electron chi connectivity index (χ0n) is 37.6. The van der Waals surface area contributed by atoms with Gasteiger partial charge < -0.3 is 4.74 Å². The number of esters is 1. The average Bonchev–Trinajstić information content (AvgIpc) is 3.18. The van der Waals surface area contributed by atoms with Crippen LogP contribution < -0.4 is 0 Å². The maximum absolute atomic E-state index is 13.2. The molecule has 0 bridgehead atoms. The summed E-state index contributed by atoms with van der Waals surface area (Å²) in [5.41, 5.74) is 0. The Labute approximate surface area is 341 Å². The Hall–Kier alpha value is -1.05. The molecule has 0 N–H and O–H groups in total. The van der Waals surface area contributed by atoms with Crippen molar-refractivity contribution in [2.24, 2.45) is 5.92 Å². The van der Waals surface area contributed by atoms with Gasteiger partial charge in [-0.25, -0.2) is 0 Å². The largest absolute Gasteiger partial charge is 0.465 e. The summed E-state index contributed by atoms with van der Waals surface area (Å²) in [4.78, 5) is 13.2. The molecule has 0 spiro atoms. The fourth-order valence-electron chi connectivity index (χ4n) is 7.89. The fraction of sp³-hybridized carbons (Fsp3) is 0.904. The maximum Gasteiger partial charge on any atom is 0.308 e. The normalized spacial score (nSPS) is 12.4. The third-order valence-electron chi connectivity index (χ3n) is 11.7. The van der Waals surface area contributed by atoms with Crippen molar-refractivity contribution in [1.29, 1.82) is 0 Å². The zero-order valence-corrected chi connectivity index (χ0v) is 37.6. The second-order valence-corrected chi connectivity index (χ2v) is 17.2. The van der Waals surface area contributed by atoms with Gasteiger partial charge in [-0.05, 0) is 70.6 Å². The van der Waals surface area contributed by atoms with E-state index in [1.54, 1.807) is 0 Å². The molecule has 0 unspecified atom stereocenters. The Morgan fingerprint density at radius 1 is 0.333 bits per heavy atom. The van der Waals surface area contributed by atoms with Crippen molar-refractivity contribution in [3.63, 3.8) is 0 Å². The fourth-order valence-corrected chi connectivity index (χ4v) is 7.89. The van der Waals surface area contributed by atoms with Crippen LogP contribution in [0.25, 0.3) is 0 Å². The Kier molecular flexibility index (Phi) is 47.2. The van der Waals surface area contributed by atoms with Crippen LogP contribution in [-0.2, 0) is 9.53 Å². The second kappa shape index (κ2) is 48.1. The minimum atomic E-state index is 0.105. The number of carbonyl (C=O) groups excluding carboxylic acids is 1. The molecule has 0 rings (SSSR count). The van der Waals surface area contributed by atoms with E-state index in [-0.39, 0.29) is 11.9 Å². The molecule has 0 aliphatic heterocycles. The summed E-state index contributed by atoms with van der Waals surface area (Å²) < 4.78 is 5.90. The molecule has 0 aliphatic rings. The number of rotatable bonds is 46. The summed E-state index contributed by atoms with van der Waals surface area (Å²) in [6.07, 6.45) is 65.2. The van der Waals surface area contributed by atoms with Gasteiger partial charge in [0.05, 0.1) is 12.5 Å². The van der Waals surface area contributed by atoms with Crippen molar-refractivity contribution in [3.8, 4) is 0 Å². The quantitative estimate of drug-likeness (QED) is 0.0351. The van der Waals surface area contributed by atoms with Crippen LogP contribution in [0.2, 0.25) is 0 Å². The Morgan fingerprint density at radius 2 is 0.574 bits per heavy atom. The Balaban J connectivity index is 4.09. The predicted octanol–water partition coefficient (Wildman–Crippen LogP) is 18.7. The summed E-state index contributed by atoms with van der Waals surface area (Å²) in [5, 5.41) is 0. The number of carbonyl (C=O) groups is 1. The number of hydrogen-bond acceptors (Lipinski definition) is 2. The van der Waals surface area contributed by atoms with Crippen LogP contribution >= 0.6 is 0 Å². The summed E-state index contributed by atoms with van der Waals surface area (Å²) in [5.74, 6) is 0.222. The van der Waals surface area contributed by atoms with E-state index < -0.39 is 0 Å². The van der Waals surface area contributed by atoms with E-state index in [0.717, 1.165) is 19.3 Å². The minimum absolute atomic E-state index is 0.105. The molecule has 54 heavy (non-hydrogen) atoms. The molecule has 0 radical (unpaired) electrons. The lowest BCUT2D eigenvalue weighted by molar-refractivity contribution is -0.149. The zero-order chi connectivity index (χ0) is 39.1. The molecular weight excluding hydrogens is 657 g/mol. The third kappa shape index (κ3) is 43.7. The summed E-state index contributed by atoms with van der Waals surface area (Å²) >= 11 is 0. The van der Waals surface area contributed by atoms with Crippen LogP contribution in [-0.4, -0.2) is 12.6 Å². The smallest absolute Gasteiger partial charge is 0.308 e. The predicted molar refractivity (Wildman–Crippen MR) is 244 cm³/mol. The lowest BCUT2D eigenvalue weighted by Crippen LogP contribution is -2.18. The maximum atomic E-state index is 13.2. The van der Waals surface area contributed by atoms with Gasteiger partial charge in [-0.15, -0.1) is 0 Å². The van der Waals surface area contributed by atoms with Gasteiger partial charge in [0.1, 0.15) is 0 Å². The van der Waals surface area contributed by atoms with E-state index in [9.17, 15) is 4.79 Å². The van der Waals surface area contributed by atoms with Crippen molar-refractivity contribution in [2.75, 3.05) is 6.61 Å². The monoisotopic (exact) mass is 757 g/mol. The molecule has 2 heteroatoms. The highest BCUT2D eigenvalue weighted by molar-refractivity contribution is 5.72. The van der Waals surface area contributed by atoms with Gasteiger partial charge in [-0.2, -0.15) is 0 Å². The van der Waals surface area contributed by atoms with Gasteiger partial charge in [0.2, 0.25) is 0 Å². The highest BCUT2D eigenvalue weighted by atomic mass is 16.5. The van der Waals surface area contributed by atoms with Crippen LogP contribution in [0.1, 0.15) is 290 Å². The first-order valence-corrected chi connectivity index (χ1v) is 25.2. The van der Waals surface area contributed by atoms with Crippen LogP contribution in [0.3, 0.4) is 0 Å². The average molecular weight is 757 g/mol. The molecule has 320 valence electrons. The lowest BCUT2D eigenvalue weighted by atomic mass is 9.94. The first kappa shape index (κ1) is 53.0. The summed E-state index contributed by atoms with van der Waals surface area (Å²) in [6, 6.07) is 0. The molecule has 0 heterocycles. The van der Waals surface area contributed by atoms with E-state index in [4.69, 9.17) is 4.74 Å². The standard InChI is InChI=1S/C52H100O2/c1-4-7-10-13-16-19-22-25-27-28-29-30-32-35-38-41-44-47-50-54-52(53)51(48-45-42-39-36-33-24-21-18-15-12-9-6-3)49-46-43-40-37-34-31-26-23-20-17-14-11-8-5-2/h25,27,31,34,51H,4-24,26,28-30,32-33,35-50H2,1-3H3/b27-25+,34-31+/t51-/m1/s1. The number of ether oxygens (including phenoxy) is 1. The third-order valence-corrected chi connectivity index (χ3v) is 11.7. The Morgan fingerprint density at radius 3 is 0.889 bits per heavy atom. The summed E-state index contributed by atoms with van der Waals surface area (Å²) in [6.45, 7) is 7.51. The van der Waals surface area contributed by atoms with Crippen LogP contribution in [0.15, 0.2) is 24.3 Å².